The Morgan fingerprint density at radius 2 is 0.836 bits per heavy atom. The van der Waals surface area contributed by atoms with Crippen LogP contribution in [0.3, 0.4) is 0 Å². The van der Waals surface area contributed by atoms with Gasteiger partial charge in [-0.25, -0.2) is 0 Å². The fraction of sp³-hybridized carbons (Fsp3) is 0.200. The summed E-state index contributed by atoms with van der Waals surface area (Å²) in [4.78, 5) is 2.45. The normalized spacial score (nSPS) is 17.3. The molecule has 10 rings (SSSR count). The summed E-state index contributed by atoms with van der Waals surface area (Å²) in [6, 6.07) is 65.4. The molecule has 0 unspecified atom stereocenters. The minimum absolute atomic E-state index is 0.0906. The number of allylic oxidation sites excluding steroid dienone is 5. The highest BCUT2D eigenvalue weighted by Gasteiger charge is 2.36. The lowest BCUT2D eigenvalue weighted by molar-refractivity contribution is 0.660. The van der Waals surface area contributed by atoms with Gasteiger partial charge in [0.25, 0.3) is 0 Å². The number of fused-ring (bicyclic) bond motifs is 4. The average Bonchev–Trinajstić information content (AvgIpc) is 3.54. The van der Waals surface area contributed by atoms with Gasteiger partial charge in [-0.3, -0.25) is 0 Å². The Balaban J connectivity index is 1.07. The molecule has 3 aliphatic carbocycles. The zero-order valence-corrected chi connectivity index (χ0v) is 35.8. The van der Waals surface area contributed by atoms with Crippen LogP contribution in [-0.4, -0.2) is 0 Å². The van der Waals surface area contributed by atoms with Crippen LogP contribution < -0.4 is 4.90 Å². The Morgan fingerprint density at radius 1 is 0.377 bits per heavy atom. The van der Waals surface area contributed by atoms with Crippen molar-refractivity contribution in [2.75, 3.05) is 4.90 Å². The van der Waals surface area contributed by atoms with Crippen molar-refractivity contribution >= 4 is 28.2 Å². The molecular formula is C60H55N. The van der Waals surface area contributed by atoms with E-state index >= 15 is 0 Å². The molecule has 61 heavy (non-hydrogen) atoms. The summed E-state index contributed by atoms with van der Waals surface area (Å²) in [5, 5.41) is 0. The minimum atomic E-state index is -0.0906. The maximum Gasteiger partial charge on any atom is 0.0465 e. The van der Waals surface area contributed by atoms with Gasteiger partial charge in [0.15, 0.2) is 0 Å². The molecule has 0 spiro atoms. The van der Waals surface area contributed by atoms with E-state index in [1.165, 1.54) is 110 Å². The highest BCUT2D eigenvalue weighted by molar-refractivity contribution is 5.90. The topological polar surface area (TPSA) is 3.24 Å². The molecule has 0 radical (unpaired) electrons. The Morgan fingerprint density at radius 3 is 1.49 bits per heavy atom. The van der Waals surface area contributed by atoms with Crippen LogP contribution in [0.25, 0.3) is 44.5 Å². The Hall–Kier alpha value is -6.44. The first-order chi connectivity index (χ1) is 29.9. The highest BCUT2D eigenvalue weighted by Crippen LogP contribution is 2.51. The molecule has 1 saturated carbocycles. The van der Waals surface area contributed by atoms with E-state index in [0.717, 1.165) is 37.1 Å². The quantitative estimate of drug-likeness (QED) is 0.155. The van der Waals surface area contributed by atoms with Gasteiger partial charge in [-0.05, 0) is 171 Å². The van der Waals surface area contributed by atoms with Gasteiger partial charge in [-0.15, -0.1) is 0 Å². The molecule has 0 saturated heterocycles. The summed E-state index contributed by atoms with van der Waals surface area (Å²) in [5.74, 6) is 0. The van der Waals surface area contributed by atoms with Crippen molar-refractivity contribution in [2.24, 2.45) is 0 Å². The van der Waals surface area contributed by atoms with Crippen LogP contribution in [0, 0.1) is 0 Å². The van der Waals surface area contributed by atoms with Gasteiger partial charge in [0.2, 0.25) is 0 Å². The monoisotopic (exact) mass is 789 g/mol. The predicted molar refractivity (Wildman–Crippen MR) is 261 cm³/mol. The van der Waals surface area contributed by atoms with Crippen molar-refractivity contribution < 1.29 is 0 Å². The molecule has 0 amide bonds. The molecular weight excluding hydrogens is 735 g/mol. The number of hydrogen-bond acceptors (Lipinski definition) is 1. The van der Waals surface area contributed by atoms with Crippen LogP contribution in [-0.2, 0) is 5.41 Å². The fourth-order valence-electron chi connectivity index (χ4n) is 10.5. The smallest absolute Gasteiger partial charge is 0.0465 e. The lowest BCUT2D eigenvalue weighted by Crippen LogP contribution is -2.16. The summed E-state index contributed by atoms with van der Waals surface area (Å²) < 4.78 is 0. The van der Waals surface area contributed by atoms with Gasteiger partial charge in [0.1, 0.15) is 0 Å². The molecule has 1 heteroatoms. The minimum Gasteiger partial charge on any atom is -0.310 e. The van der Waals surface area contributed by atoms with E-state index in [1.807, 2.05) is 0 Å². The van der Waals surface area contributed by atoms with Crippen molar-refractivity contribution in [3.63, 3.8) is 0 Å². The third-order valence-electron chi connectivity index (χ3n) is 13.7. The lowest BCUT2D eigenvalue weighted by Gasteiger charge is -2.30. The molecule has 7 aromatic rings. The van der Waals surface area contributed by atoms with Crippen molar-refractivity contribution in [2.45, 2.75) is 77.0 Å². The fourth-order valence-corrected chi connectivity index (χ4v) is 10.5. The first-order valence-corrected chi connectivity index (χ1v) is 22.5. The standard InChI is InChI=1S/C60H55N/c1-42-17-7-4-12-22-52(47-29-27-45(28-30-47)43-18-8-5-9-19-43)53-23-13-14-25-56(53)59(42)48-33-37-50(38-34-48)61(49-35-31-46(32-36-49)44-20-10-6-11-21-44)51-39-40-55-54-24-15-16-26-57(54)60(2,3)58(55)41-51/h5-6,8-11,15-16,18-21,24,26-41H,1,4,7,12-14,17,22-23,25H2,2-3H3/b53-52+,59-56?. The van der Waals surface area contributed by atoms with Gasteiger partial charge in [0, 0.05) is 22.5 Å². The number of benzene rings is 7. The summed E-state index contributed by atoms with van der Waals surface area (Å²) in [6.45, 7) is 9.58. The van der Waals surface area contributed by atoms with Crippen LogP contribution in [0.1, 0.15) is 93.9 Å². The zero-order valence-electron chi connectivity index (χ0n) is 35.8. The molecule has 1 nitrogen and oxygen atoms in total. The second-order valence-electron chi connectivity index (χ2n) is 17.8. The third-order valence-corrected chi connectivity index (χ3v) is 13.7. The summed E-state index contributed by atoms with van der Waals surface area (Å²) >= 11 is 0. The molecule has 300 valence electrons. The zero-order chi connectivity index (χ0) is 41.3. The molecule has 7 aromatic carbocycles. The lowest BCUT2D eigenvalue weighted by atomic mass is 9.76. The van der Waals surface area contributed by atoms with E-state index in [2.05, 4.69) is 195 Å². The van der Waals surface area contributed by atoms with Crippen LogP contribution in [0.5, 0.6) is 0 Å². The maximum absolute atomic E-state index is 4.84. The SMILES string of the molecule is C=C1CCCCC/C(c2ccc(-c3ccccc3)cc2)=C2/CCCCC2=C1c1ccc(N(c2ccc(-c3ccccc3)cc2)c2ccc3c(c2)C(C)(C)c2ccccc2-3)cc1. The van der Waals surface area contributed by atoms with Crippen molar-refractivity contribution in [1.82, 2.24) is 0 Å². The predicted octanol–water partition coefficient (Wildman–Crippen LogP) is 17.1. The Kier molecular flexibility index (Phi) is 10.5. The van der Waals surface area contributed by atoms with E-state index in [-0.39, 0.29) is 5.41 Å². The van der Waals surface area contributed by atoms with Crippen molar-refractivity contribution in [1.29, 1.82) is 0 Å². The summed E-state index contributed by atoms with van der Waals surface area (Å²) in [6.07, 6.45) is 10.5. The largest absolute Gasteiger partial charge is 0.310 e. The van der Waals surface area contributed by atoms with E-state index in [0.29, 0.717) is 0 Å². The van der Waals surface area contributed by atoms with Crippen LogP contribution in [0.2, 0.25) is 0 Å². The Bertz CT molecular complexity index is 2760. The van der Waals surface area contributed by atoms with Gasteiger partial charge >= 0.3 is 0 Å². The average molecular weight is 790 g/mol. The number of rotatable bonds is 7. The molecule has 3 aliphatic rings. The third kappa shape index (κ3) is 7.42. The molecule has 0 aliphatic heterocycles. The number of anilines is 3. The van der Waals surface area contributed by atoms with E-state index in [1.54, 1.807) is 11.1 Å². The molecule has 1 fully saturated rings. The van der Waals surface area contributed by atoms with Gasteiger partial charge < -0.3 is 4.90 Å². The first kappa shape index (κ1) is 38.7. The highest BCUT2D eigenvalue weighted by atomic mass is 15.1. The van der Waals surface area contributed by atoms with Crippen LogP contribution in [0.15, 0.2) is 199 Å². The first-order valence-electron chi connectivity index (χ1n) is 22.5. The van der Waals surface area contributed by atoms with E-state index < -0.39 is 0 Å². The number of nitrogens with zero attached hydrogens (tertiary/aromatic N) is 1. The molecule has 0 aromatic heterocycles. The maximum atomic E-state index is 4.84. The second kappa shape index (κ2) is 16.5. The van der Waals surface area contributed by atoms with Crippen LogP contribution >= 0.6 is 0 Å². The van der Waals surface area contributed by atoms with Gasteiger partial charge in [-0.2, -0.15) is 0 Å². The molecule has 0 atom stereocenters. The molecule has 0 bridgehead atoms. The summed E-state index contributed by atoms with van der Waals surface area (Å²) in [7, 11) is 0. The number of hydrogen-bond donors (Lipinski definition) is 0. The van der Waals surface area contributed by atoms with E-state index in [9.17, 15) is 0 Å². The van der Waals surface area contributed by atoms with Crippen molar-refractivity contribution in [3.05, 3.63) is 221 Å². The van der Waals surface area contributed by atoms with Crippen molar-refractivity contribution in [3.8, 4) is 33.4 Å². The summed E-state index contributed by atoms with van der Waals surface area (Å²) in [5.41, 5.74) is 23.8. The van der Waals surface area contributed by atoms with E-state index in [4.69, 9.17) is 6.58 Å². The van der Waals surface area contributed by atoms with Crippen LogP contribution in [0.4, 0.5) is 17.1 Å². The second-order valence-corrected chi connectivity index (χ2v) is 17.8. The molecule has 0 N–H and O–H groups in total. The Labute approximate surface area is 363 Å². The molecule has 0 heterocycles. The van der Waals surface area contributed by atoms with Gasteiger partial charge in [-0.1, -0.05) is 166 Å². The van der Waals surface area contributed by atoms with Gasteiger partial charge in [0.05, 0.1) is 0 Å².